The second-order valence-electron chi connectivity index (χ2n) is 4.53. The molecular weight excluding hydrogens is 362 g/mol. The Kier molecular flexibility index (Phi) is 5.20. The van der Waals surface area contributed by atoms with Gasteiger partial charge in [0.15, 0.2) is 4.67 Å². The first kappa shape index (κ1) is 16.2. The van der Waals surface area contributed by atoms with Crippen LogP contribution in [0.5, 0.6) is 0 Å². The van der Waals surface area contributed by atoms with Gasteiger partial charge < -0.3 is 9.52 Å². The van der Waals surface area contributed by atoms with Gasteiger partial charge in [-0.15, -0.1) is 0 Å². The van der Waals surface area contributed by atoms with E-state index in [2.05, 4.69) is 30.8 Å². The predicted molar refractivity (Wildman–Crippen MR) is 79.2 cm³/mol. The summed E-state index contributed by atoms with van der Waals surface area (Å²) in [5, 5.41) is 15.7. The average molecular weight is 378 g/mol. The summed E-state index contributed by atoms with van der Waals surface area (Å²) < 4.78 is 31.9. The van der Waals surface area contributed by atoms with E-state index in [1.807, 2.05) is 6.92 Å². The van der Waals surface area contributed by atoms with E-state index in [0.29, 0.717) is 13.0 Å². The van der Waals surface area contributed by atoms with Gasteiger partial charge in [-0.1, -0.05) is 0 Å². The van der Waals surface area contributed by atoms with Crippen LogP contribution in [-0.2, 0) is 23.1 Å². The average Bonchev–Trinajstić information content (AvgIpc) is 3.01. The van der Waals surface area contributed by atoms with Gasteiger partial charge in [0, 0.05) is 18.3 Å². The summed E-state index contributed by atoms with van der Waals surface area (Å²) in [6, 6.07) is 1.30. The van der Waals surface area contributed by atoms with Crippen LogP contribution < -0.4 is 4.72 Å². The van der Waals surface area contributed by atoms with E-state index in [-0.39, 0.29) is 21.9 Å². The molecule has 116 valence electrons. The molecule has 2 rings (SSSR count). The number of rotatable bonds is 7. The van der Waals surface area contributed by atoms with Crippen LogP contribution in [0.3, 0.4) is 0 Å². The molecule has 7 nitrogen and oxygen atoms in total. The highest BCUT2D eigenvalue weighted by atomic mass is 79.9. The molecule has 0 aliphatic heterocycles. The molecule has 3 N–H and O–H groups in total. The fraction of sp³-hybridized carbons (Fsp3) is 0.417. The number of aromatic nitrogens is 2. The second kappa shape index (κ2) is 6.73. The van der Waals surface area contributed by atoms with Gasteiger partial charge in [0.05, 0.1) is 6.20 Å². The fourth-order valence-corrected chi connectivity index (χ4v) is 3.92. The van der Waals surface area contributed by atoms with Gasteiger partial charge in [0.1, 0.15) is 17.3 Å². The molecule has 0 unspecified atom stereocenters. The maximum absolute atomic E-state index is 12.1. The van der Waals surface area contributed by atoms with Crippen LogP contribution in [0, 0.1) is 6.92 Å². The standard InChI is InChI=1S/C12H16BrN3O4S/c1-8-9(6-14-16-8)3-2-4-15-21(18,19)11-5-10(7-17)20-12(11)13/h5-6,15,17H,2-4,7H2,1H3,(H,14,16). The number of hydrogen-bond acceptors (Lipinski definition) is 5. The number of nitrogens with one attached hydrogen (secondary N) is 2. The van der Waals surface area contributed by atoms with Crippen LogP contribution in [0.1, 0.15) is 23.4 Å². The minimum Gasteiger partial charge on any atom is -0.450 e. The molecular formula is C12H16BrN3O4S. The molecule has 9 heteroatoms. The largest absolute Gasteiger partial charge is 0.450 e. The first-order valence-electron chi connectivity index (χ1n) is 6.31. The van der Waals surface area contributed by atoms with Crippen molar-refractivity contribution in [2.45, 2.75) is 31.3 Å². The summed E-state index contributed by atoms with van der Waals surface area (Å²) in [7, 11) is -3.66. The first-order chi connectivity index (χ1) is 9.94. The summed E-state index contributed by atoms with van der Waals surface area (Å²) in [6.07, 6.45) is 3.13. The minimum absolute atomic E-state index is 0.00829. The number of hydrogen-bond donors (Lipinski definition) is 3. The number of aliphatic hydroxyl groups is 1. The molecule has 0 spiro atoms. The SMILES string of the molecule is Cc1[nH]ncc1CCCNS(=O)(=O)c1cc(CO)oc1Br. The third-order valence-corrected chi connectivity index (χ3v) is 5.32. The molecule has 0 aromatic carbocycles. The Morgan fingerprint density at radius 1 is 1.52 bits per heavy atom. The lowest BCUT2D eigenvalue weighted by Gasteiger charge is -2.05. The highest BCUT2D eigenvalue weighted by molar-refractivity contribution is 9.10. The minimum atomic E-state index is -3.66. The highest BCUT2D eigenvalue weighted by Crippen LogP contribution is 2.25. The molecule has 2 heterocycles. The Balaban J connectivity index is 1.92. The van der Waals surface area contributed by atoms with Gasteiger partial charge in [-0.25, -0.2) is 13.1 Å². The van der Waals surface area contributed by atoms with E-state index < -0.39 is 10.0 Å². The van der Waals surface area contributed by atoms with Gasteiger partial charge >= 0.3 is 0 Å². The Hall–Kier alpha value is -1.16. The number of aromatic amines is 1. The monoisotopic (exact) mass is 377 g/mol. The Labute approximate surface area is 130 Å². The lowest BCUT2D eigenvalue weighted by atomic mass is 10.1. The lowest BCUT2D eigenvalue weighted by molar-refractivity contribution is 0.245. The fourth-order valence-electron chi connectivity index (χ4n) is 1.85. The number of halogens is 1. The summed E-state index contributed by atoms with van der Waals surface area (Å²) in [5.41, 5.74) is 2.06. The molecule has 2 aromatic rings. The molecule has 21 heavy (non-hydrogen) atoms. The Morgan fingerprint density at radius 3 is 2.86 bits per heavy atom. The third-order valence-electron chi connectivity index (χ3n) is 3.00. The maximum Gasteiger partial charge on any atom is 0.244 e. The third kappa shape index (κ3) is 3.94. The molecule has 0 saturated carbocycles. The molecule has 0 bridgehead atoms. The van der Waals surface area contributed by atoms with E-state index in [4.69, 9.17) is 9.52 Å². The number of sulfonamides is 1. The van der Waals surface area contributed by atoms with E-state index in [1.54, 1.807) is 6.20 Å². The van der Waals surface area contributed by atoms with E-state index in [9.17, 15) is 8.42 Å². The maximum atomic E-state index is 12.1. The Bertz CT molecular complexity index is 708. The van der Waals surface area contributed by atoms with E-state index in [1.165, 1.54) is 6.07 Å². The van der Waals surface area contributed by atoms with Crippen LogP contribution >= 0.6 is 15.9 Å². The van der Waals surface area contributed by atoms with Gasteiger partial charge in [-0.2, -0.15) is 5.10 Å². The number of furan rings is 1. The van der Waals surface area contributed by atoms with Gasteiger partial charge in [-0.05, 0) is 41.3 Å². The summed E-state index contributed by atoms with van der Waals surface area (Å²) >= 11 is 3.03. The van der Waals surface area contributed by atoms with Crippen LogP contribution in [0.15, 0.2) is 26.2 Å². The highest BCUT2D eigenvalue weighted by Gasteiger charge is 2.21. The zero-order chi connectivity index (χ0) is 15.5. The van der Waals surface area contributed by atoms with Crippen molar-refractivity contribution in [3.63, 3.8) is 0 Å². The molecule has 0 amide bonds. The summed E-state index contributed by atoms with van der Waals surface area (Å²) in [6.45, 7) is 1.87. The van der Waals surface area contributed by atoms with Crippen molar-refractivity contribution in [2.75, 3.05) is 6.54 Å². The van der Waals surface area contributed by atoms with Crippen LogP contribution in [0.2, 0.25) is 0 Å². The number of aryl methyl sites for hydroxylation is 2. The zero-order valence-electron chi connectivity index (χ0n) is 11.4. The summed E-state index contributed by atoms with van der Waals surface area (Å²) in [4.78, 5) is -0.00829. The van der Waals surface area contributed by atoms with Crippen molar-refractivity contribution < 1.29 is 17.9 Å². The normalized spacial score (nSPS) is 12.0. The summed E-state index contributed by atoms with van der Waals surface area (Å²) in [5.74, 6) is 0.191. The first-order valence-corrected chi connectivity index (χ1v) is 8.59. The molecule has 0 atom stereocenters. The Morgan fingerprint density at radius 2 is 2.29 bits per heavy atom. The number of nitrogens with zero attached hydrogens (tertiary/aromatic N) is 1. The van der Waals surface area contributed by atoms with Gasteiger partial charge in [0.25, 0.3) is 0 Å². The molecule has 2 aromatic heterocycles. The van der Waals surface area contributed by atoms with Crippen LogP contribution in [-0.4, -0.2) is 30.3 Å². The zero-order valence-corrected chi connectivity index (χ0v) is 13.8. The van der Waals surface area contributed by atoms with Crippen molar-refractivity contribution in [3.05, 3.63) is 34.0 Å². The van der Waals surface area contributed by atoms with Crippen molar-refractivity contribution in [1.82, 2.24) is 14.9 Å². The van der Waals surface area contributed by atoms with Crippen molar-refractivity contribution in [3.8, 4) is 0 Å². The van der Waals surface area contributed by atoms with Crippen LogP contribution in [0.25, 0.3) is 0 Å². The van der Waals surface area contributed by atoms with E-state index >= 15 is 0 Å². The molecule has 0 fully saturated rings. The molecule has 0 saturated heterocycles. The smallest absolute Gasteiger partial charge is 0.244 e. The lowest BCUT2D eigenvalue weighted by Crippen LogP contribution is -2.25. The van der Waals surface area contributed by atoms with Crippen molar-refractivity contribution >= 4 is 26.0 Å². The molecule has 0 aliphatic carbocycles. The number of aliphatic hydroxyl groups excluding tert-OH is 1. The van der Waals surface area contributed by atoms with Gasteiger partial charge in [0.2, 0.25) is 10.0 Å². The van der Waals surface area contributed by atoms with E-state index in [0.717, 1.165) is 17.7 Å². The second-order valence-corrected chi connectivity index (χ2v) is 6.99. The molecule has 0 aliphatic rings. The van der Waals surface area contributed by atoms with Gasteiger partial charge in [-0.3, -0.25) is 5.10 Å². The molecule has 0 radical (unpaired) electrons. The van der Waals surface area contributed by atoms with Crippen LogP contribution in [0.4, 0.5) is 0 Å². The van der Waals surface area contributed by atoms with Crippen molar-refractivity contribution in [1.29, 1.82) is 0 Å². The quantitative estimate of drug-likeness (QED) is 0.633. The number of H-pyrrole nitrogens is 1. The van der Waals surface area contributed by atoms with Crippen molar-refractivity contribution in [2.24, 2.45) is 0 Å². The topological polar surface area (TPSA) is 108 Å². The predicted octanol–water partition coefficient (Wildman–Crippen LogP) is 1.48.